The van der Waals surface area contributed by atoms with E-state index in [0.717, 1.165) is 56.8 Å². The molecule has 0 atom stereocenters. The Hall–Kier alpha value is -2.28. The summed E-state index contributed by atoms with van der Waals surface area (Å²) < 4.78 is 2.01. The lowest BCUT2D eigenvalue weighted by molar-refractivity contribution is 0.0681. The van der Waals surface area contributed by atoms with Crippen molar-refractivity contribution < 1.29 is 4.79 Å². The Labute approximate surface area is 174 Å². The third-order valence-corrected chi connectivity index (χ3v) is 5.61. The van der Waals surface area contributed by atoms with Crippen molar-refractivity contribution in [2.45, 2.75) is 59.0 Å². The van der Waals surface area contributed by atoms with Gasteiger partial charge in [0.2, 0.25) is 0 Å². The number of hydrogen-bond acceptors (Lipinski definition) is 5. The number of nitrogens with zero attached hydrogens (tertiary/aromatic N) is 6. The van der Waals surface area contributed by atoms with E-state index < -0.39 is 0 Å². The van der Waals surface area contributed by atoms with E-state index in [4.69, 9.17) is 0 Å². The second-order valence-electron chi connectivity index (χ2n) is 9.27. The van der Waals surface area contributed by atoms with Crippen molar-refractivity contribution in [2.75, 3.05) is 26.7 Å². The van der Waals surface area contributed by atoms with Gasteiger partial charge in [-0.25, -0.2) is 9.67 Å². The molecule has 3 heterocycles. The molecule has 0 radical (unpaired) electrons. The molecule has 1 amide bonds. The molecule has 0 aromatic carbocycles. The van der Waals surface area contributed by atoms with Crippen LogP contribution >= 0.6 is 0 Å². The van der Waals surface area contributed by atoms with Crippen LogP contribution in [-0.2, 0) is 12.1 Å². The van der Waals surface area contributed by atoms with Gasteiger partial charge in [-0.3, -0.25) is 14.7 Å². The molecule has 29 heavy (non-hydrogen) atoms. The van der Waals surface area contributed by atoms with E-state index in [1.165, 1.54) is 0 Å². The maximum absolute atomic E-state index is 12.7. The minimum atomic E-state index is -0.0567. The number of hydrogen-bond donors (Lipinski definition) is 0. The first-order valence-electron chi connectivity index (χ1n) is 10.5. The summed E-state index contributed by atoms with van der Waals surface area (Å²) >= 11 is 0. The molecule has 2 aromatic rings. The summed E-state index contributed by atoms with van der Waals surface area (Å²) in [6.45, 7) is 11.9. The Bertz CT molecular complexity index is 817. The van der Waals surface area contributed by atoms with Crippen molar-refractivity contribution in [2.24, 2.45) is 5.92 Å². The Balaban J connectivity index is 1.44. The minimum Gasteiger partial charge on any atom is -0.339 e. The molecule has 1 saturated heterocycles. The highest BCUT2D eigenvalue weighted by Gasteiger charge is 2.24. The van der Waals surface area contributed by atoms with E-state index in [-0.39, 0.29) is 11.4 Å². The van der Waals surface area contributed by atoms with Gasteiger partial charge in [0.05, 0.1) is 17.6 Å². The number of carbonyl (C=O) groups excluding carboxylic acids is 1. The molecule has 1 aliphatic heterocycles. The number of amides is 1. The molecule has 1 aliphatic rings. The molecule has 0 aliphatic carbocycles. The van der Waals surface area contributed by atoms with Crippen molar-refractivity contribution in [3.63, 3.8) is 0 Å². The van der Waals surface area contributed by atoms with Crippen molar-refractivity contribution in [3.05, 3.63) is 41.7 Å². The van der Waals surface area contributed by atoms with Gasteiger partial charge < -0.3 is 4.90 Å². The summed E-state index contributed by atoms with van der Waals surface area (Å²) in [5, 5.41) is 4.38. The van der Waals surface area contributed by atoms with Gasteiger partial charge in [0.25, 0.3) is 5.91 Å². The average Bonchev–Trinajstić information content (AvgIpc) is 3.15. The number of aromatic nitrogens is 4. The molecule has 1 fully saturated rings. The van der Waals surface area contributed by atoms with Crippen molar-refractivity contribution in [3.8, 4) is 0 Å². The SMILES string of the molecule is Cc1cncc(C(=O)N2CCC(CCN(C)Cc3ncnn3C(C)(C)C)CC2)c1. The third-order valence-electron chi connectivity index (χ3n) is 5.61. The predicted octanol–water partition coefficient (Wildman–Crippen LogP) is 3.11. The van der Waals surface area contributed by atoms with Gasteiger partial charge in [-0.1, -0.05) is 0 Å². The number of carbonyl (C=O) groups is 1. The highest BCUT2D eigenvalue weighted by molar-refractivity contribution is 5.94. The zero-order valence-corrected chi connectivity index (χ0v) is 18.4. The highest BCUT2D eigenvalue weighted by Crippen LogP contribution is 2.23. The van der Waals surface area contributed by atoms with Crippen LogP contribution in [0.3, 0.4) is 0 Å². The summed E-state index contributed by atoms with van der Waals surface area (Å²) in [5.74, 6) is 1.78. The first-order chi connectivity index (χ1) is 13.7. The van der Waals surface area contributed by atoms with Crippen LogP contribution in [0.15, 0.2) is 24.8 Å². The molecule has 0 saturated carbocycles. The molecule has 0 N–H and O–H groups in total. The maximum atomic E-state index is 12.7. The fourth-order valence-electron chi connectivity index (χ4n) is 3.94. The molecule has 0 unspecified atom stereocenters. The summed E-state index contributed by atoms with van der Waals surface area (Å²) in [5.41, 5.74) is 1.67. The van der Waals surface area contributed by atoms with Crippen LogP contribution in [0, 0.1) is 12.8 Å². The predicted molar refractivity (Wildman–Crippen MR) is 114 cm³/mol. The number of likely N-dealkylation sites (tertiary alicyclic amines) is 1. The molecule has 0 spiro atoms. The lowest BCUT2D eigenvalue weighted by Crippen LogP contribution is -2.39. The zero-order valence-electron chi connectivity index (χ0n) is 18.4. The number of aryl methyl sites for hydroxylation is 1. The zero-order chi connectivity index (χ0) is 21.0. The molecule has 7 heteroatoms. The van der Waals surface area contributed by atoms with Crippen LogP contribution in [0.1, 0.15) is 61.8 Å². The van der Waals surface area contributed by atoms with Gasteiger partial charge >= 0.3 is 0 Å². The second kappa shape index (κ2) is 9.03. The van der Waals surface area contributed by atoms with E-state index in [9.17, 15) is 4.79 Å². The van der Waals surface area contributed by atoms with Crippen LogP contribution in [0.2, 0.25) is 0 Å². The first-order valence-corrected chi connectivity index (χ1v) is 10.5. The Morgan fingerprint density at radius 2 is 1.97 bits per heavy atom. The third kappa shape index (κ3) is 5.63. The summed E-state index contributed by atoms with van der Waals surface area (Å²) in [4.78, 5) is 25.6. The molecule has 158 valence electrons. The highest BCUT2D eigenvalue weighted by atomic mass is 16.2. The van der Waals surface area contributed by atoms with Crippen LogP contribution in [0.25, 0.3) is 0 Å². The van der Waals surface area contributed by atoms with Crippen LogP contribution in [0.5, 0.6) is 0 Å². The fraction of sp³-hybridized carbons (Fsp3) is 0.636. The number of piperidine rings is 1. The number of rotatable bonds is 6. The first kappa shape index (κ1) is 21.4. The van der Waals surface area contributed by atoms with Crippen LogP contribution < -0.4 is 0 Å². The van der Waals surface area contributed by atoms with Gasteiger partial charge in [-0.15, -0.1) is 0 Å². The summed E-state index contributed by atoms with van der Waals surface area (Å²) in [6.07, 6.45) is 8.38. The second-order valence-corrected chi connectivity index (χ2v) is 9.27. The van der Waals surface area contributed by atoms with Crippen LogP contribution in [0.4, 0.5) is 0 Å². The lowest BCUT2D eigenvalue weighted by atomic mass is 9.93. The Kier molecular flexibility index (Phi) is 6.67. The van der Waals surface area contributed by atoms with E-state index in [2.05, 4.69) is 47.8 Å². The molecular formula is C22H34N6O. The van der Waals surface area contributed by atoms with E-state index in [1.807, 2.05) is 22.6 Å². The van der Waals surface area contributed by atoms with Crippen LogP contribution in [-0.4, -0.2) is 62.1 Å². The van der Waals surface area contributed by atoms with Gasteiger partial charge in [-0.2, -0.15) is 5.10 Å². The summed E-state index contributed by atoms with van der Waals surface area (Å²) in [7, 11) is 2.14. The average molecular weight is 399 g/mol. The van der Waals surface area contributed by atoms with Gasteiger partial charge in [-0.05, 0) is 78.1 Å². The molecular weight excluding hydrogens is 364 g/mol. The standard InChI is InChI=1S/C22H34N6O/c1-17-12-19(14-23-13-17)21(29)27-10-7-18(8-11-27)6-9-26(5)15-20-24-16-25-28(20)22(2,3)4/h12-14,16,18H,6-11,15H2,1-5H3. The van der Waals surface area contributed by atoms with Gasteiger partial charge in [0, 0.05) is 25.5 Å². The summed E-state index contributed by atoms with van der Waals surface area (Å²) in [6, 6.07) is 1.92. The van der Waals surface area contributed by atoms with Crippen molar-refractivity contribution in [1.29, 1.82) is 0 Å². The molecule has 0 bridgehead atoms. The largest absolute Gasteiger partial charge is 0.339 e. The van der Waals surface area contributed by atoms with E-state index in [1.54, 1.807) is 18.7 Å². The quantitative estimate of drug-likeness (QED) is 0.748. The van der Waals surface area contributed by atoms with E-state index in [0.29, 0.717) is 11.5 Å². The van der Waals surface area contributed by atoms with Crippen molar-refractivity contribution >= 4 is 5.91 Å². The molecule has 2 aromatic heterocycles. The van der Waals surface area contributed by atoms with Crippen molar-refractivity contribution in [1.82, 2.24) is 29.5 Å². The lowest BCUT2D eigenvalue weighted by Gasteiger charge is -2.33. The Morgan fingerprint density at radius 1 is 1.24 bits per heavy atom. The molecule has 7 nitrogen and oxygen atoms in total. The maximum Gasteiger partial charge on any atom is 0.255 e. The Morgan fingerprint density at radius 3 is 2.62 bits per heavy atom. The van der Waals surface area contributed by atoms with Gasteiger partial charge in [0.15, 0.2) is 0 Å². The smallest absolute Gasteiger partial charge is 0.255 e. The molecule has 3 rings (SSSR count). The van der Waals surface area contributed by atoms with Gasteiger partial charge in [0.1, 0.15) is 12.2 Å². The topological polar surface area (TPSA) is 67.2 Å². The number of pyridine rings is 1. The normalized spacial score (nSPS) is 15.9. The minimum absolute atomic E-state index is 0.0567. The fourth-order valence-corrected chi connectivity index (χ4v) is 3.94. The van der Waals surface area contributed by atoms with E-state index >= 15 is 0 Å². The monoisotopic (exact) mass is 398 g/mol.